The second kappa shape index (κ2) is 10.4. The van der Waals surface area contributed by atoms with Crippen LogP contribution in [-0.2, 0) is 4.79 Å². The lowest BCUT2D eigenvalue weighted by Gasteiger charge is -2.47. The lowest BCUT2D eigenvalue weighted by atomic mass is 9.73. The summed E-state index contributed by atoms with van der Waals surface area (Å²) in [5.74, 6) is 8.54. The summed E-state index contributed by atoms with van der Waals surface area (Å²) in [4.78, 5) is 16.4. The van der Waals surface area contributed by atoms with Gasteiger partial charge in [0.2, 0.25) is 5.91 Å². The molecule has 4 heteroatoms. The summed E-state index contributed by atoms with van der Waals surface area (Å²) in [6.45, 7) is 6.15. The number of amides is 1. The molecule has 3 nitrogen and oxygen atoms in total. The summed E-state index contributed by atoms with van der Waals surface area (Å²) in [5.41, 5.74) is 2.76. The summed E-state index contributed by atoms with van der Waals surface area (Å²) in [7, 11) is 1.65. The van der Waals surface area contributed by atoms with Gasteiger partial charge in [0, 0.05) is 11.3 Å². The van der Waals surface area contributed by atoms with Crippen LogP contribution in [0.5, 0.6) is 5.75 Å². The number of fused-ring (bicyclic) bond motifs is 1. The summed E-state index contributed by atoms with van der Waals surface area (Å²) in [5, 5.41) is 2.29. The van der Waals surface area contributed by atoms with E-state index in [4.69, 9.17) is 4.74 Å². The van der Waals surface area contributed by atoms with Crippen molar-refractivity contribution in [1.82, 2.24) is 0 Å². The van der Waals surface area contributed by atoms with E-state index >= 15 is 0 Å². The van der Waals surface area contributed by atoms with Gasteiger partial charge in [-0.15, -0.1) is 11.8 Å². The molecule has 0 spiro atoms. The van der Waals surface area contributed by atoms with Gasteiger partial charge in [-0.2, -0.15) is 0 Å². The average molecular weight is 518 g/mol. The molecule has 0 saturated heterocycles. The Labute approximate surface area is 229 Å². The van der Waals surface area contributed by atoms with E-state index < -0.39 is 10.2 Å². The predicted octanol–water partition coefficient (Wildman–Crippen LogP) is 7.81. The molecule has 190 valence electrons. The van der Waals surface area contributed by atoms with Gasteiger partial charge in [-0.3, -0.25) is 9.69 Å². The predicted molar refractivity (Wildman–Crippen MR) is 160 cm³/mol. The zero-order valence-electron chi connectivity index (χ0n) is 22.2. The molecule has 1 atom stereocenters. The van der Waals surface area contributed by atoms with E-state index in [0.717, 1.165) is 44.8 Å². The second-order valence-corrected chi connectivity index (χ2v) is 11.3. The van der Waals surface area contributed by atoms with Gasteiger partial charge in [-0.05, 0) is 84.5 Å². The van der Waals surface area contributed by atoms with Crippen LogP contribution in [0.15, 0.2) is 103 Å². The minimum absolute atomic E-state index is 0.0108. The molecule has 4 aromatic rings. The zero-order chi connectivity index (χ0) is 26.8. The van der Waals surface area contributed by atoms with Crippen molar-refractivity contribution >= 4 is 39.8 Å². The molecule has 5 rings (SSSR count). The summed E-state index contributed by atoms with van der Waals surface area (Å²) < 4.78 is 4.66. The maximum Gasteiger partial charge on any atom is 0.239 e. The Kier molecular flexibility index (Phi) is 7.06. The van der Waals surface area contributed by atoms with E-state index in [1.807, 2.05) is 85.5 Å². The Hall–Kier alpha value is -3.94. The van der Waals surface area contributed by atoms with Crippen LogP contribution in [0.1, 0.15) is 31.9 Å². The van der Waals surface area contributed by atoms with Crippen molar-refractivity contribution < 1.29 is 9.53 Å². The molecule has 1 unspecified atom stereocenters. The Morgan fingerprint density at radius 1 is 0.868 bits per heavy atom. The van der Waals surface area contributed by atoms with Gasteiger partial charge in [-0.1, -0.05) is 73.4 Å². The van der Waals surface area contributed by atoms with Crippen LogP contribution in [0.2, 0.25) is 0 Å². The first-order valence-corrected chi connectivity index (χ1v) is 13.8. The number of nitrogens with zero attached hydrogens (tertiary/aromatic N) is 1. The number of anilines is 1. The van der Waals surface area contributed by atoms with Crippen LogP contribution >= 0.6 is 11.8 Å². The maximum atomic E-state index is 14.5. The normalized spacial score (nSPS) is 18.5. The standard InChI is InChI=1S/C34H31NO2S/c1-5-38-34(22-21-25-11-7-6-8-12-25)24-31(28-16-15-26-13-9-10-14-27(26)23-28)35(32(36)33(34,2)3)29-17-19-30(37-4)20-18-29/h6-20,23-24H,5H2,1-4H3. The number of thioether (sulfide) groups is 1. The van der Waals surface area contributed by atoms with Crippen molar-refractivity contribution in [2.24, 2.45) is 5.41 Å². The molecular weight excluding hydrogens is 486 g/mol. The van der Waals surface area contributed by atoms with Crippen LogP contribution < -0.4 is 9.64 Å². The first-order chi connectivity index (χ1) is 18.4. The number of benzene rings is 4. The number of methoxy groups -OCH3 is 1. The Morgan fingerprint density at radius 3 is 2.24 bits per heavy atom. The molecule has 1 aliphatic rings. The smallest absolute Gasteiger partial charge is 0.239 e. The number of carbonyl (C=O) groups is 1. The molecule has 0 aliphatic carbocycles. The fourth-order valence-corrected chi connectivity index (χ4v) is 6.12. The Morgan fingerprint density at radius 2 is 1.55 bits per heavy atom. The van der Waals surface area contributed by atoms with Crippen molar-refractivity contribution in [1.29, 1.82) is 0 Å². The van der Waals surface area contributed by atoms with Crippen LogP contribution in [0.25, 0.3) is 16.5 Å². The van der Waals surface area contributed by atoms with Crippen molar-refractivity contribution in [3.8, 4) is 17.6 Å². The fraction of sp³-hybridized carbons (Fsp3) is 0.206. The number of hydrogen-bond donors (Lipinski definition) is 0. The van der Waals surface area contributed by atoms with Gasteiger partial charge in [-0.25, -0.2) is 0 Å². The van der Waals surface area contributed by atoms with Crippen molar-refractivity contribution in [3.05, 3.63) is 114 Å². The van der Waals surface area contributed by atoms with Crippen LogP contribution in [0.3, 0.4) is 0 Å². The molecule has 1 heterocycles. The van der Waals surface area contributed by atoms with E-state index in [-0.39, 0.29) is 5.91 Å². The topological polar surface area (TPSA) is 29.5 Å². The molecule has 0 N–H and O–H groups in total. The minimum Gasteiger partial charge on any atom is -0.497 e. The third-order valence-electron chi connectivity index (χ3n) is 7.16. The van der Waals surface area contributed by atoms with Crippen LogP contribution in [0.4, 0.5) is 5.69 Å². The first-order valence-electron chi connectivity index (χ1n) is 12.8. The van der Waals surface area contributed by atoms with Gasteiger partial charge < -0.3 is 4.74 Å². The molecule has 4 aromatic carbocycles. The molecule has 1 aliphatic heterocycles. The first kappa shape index (κ1) is 25.7. The number of ether oxygens (including phenoxy) is 1. The molecule has 1 amide bonds. The third kappa shape index (κ3) is 4.59. The van der Waals surface area contributed by atoms with Crippen LogP contribution in [0, 0.1) is 17.3 Å². The van der Waals surface area contributed by atoms with E-state index in [9.17, 15) is 4.79 Å². The van der Waals surface area contributed by atoms with Crippen molar-refractivity contribution in [2.45, 2.75) is 25.5 Å². The SMILES string of the molecule is CCSC1(C#Cc2ccccc2)C=C(c2ccc3ccccc3c2)N(c2ccc(OC)cc2)C(=O)C1(C)C. The lowest BCUT2D eigenvalue weighted by Crippen LogP contribution is -2.55. The number of rotatable bonds is 5. The molecule has 0 aromatic heterocycles. The van der Waals surface area contributed by atoms with E-state index in [1.165, 1.54) is 0 Å². The zero-order valence-corrected chi connectivity index (χ0v) is 23.0. The molecule has 0 bridgehead atoms. The van der Waals surface area contributed by atoms with Gasteiger partial charge in [0.1, 0.15) is 10.5 Å². The minimum atomic E-state index is -0.796. The van der Waals surface area contributed by atoms with Gasteiger partial charge in [0.15, 0.2) is 0 Å². The number of carbonyl (C=O) groups excluding carboxylic acids is 1. The Bertz CT molecular complexity index is 1560. The van der Waals surface area contributed by atoms with Gasteiger partial charge in [0.05, 0.1) is 18.2 Å². The monoisotopic (exact) mass is 517 g/mol. The highest BCUT2D eigenvalue weighted by atomic mass is 32.2. The number of hydrogen-bond acceptors (Lipinski definition) is 3. The van der Waals surface area contributed by atoms with E-state index in [1.54, 1.807) is 18.9 Å². The summed E-state index contributed by atoms with van der Waals surface area (Å²) in [6.07, 6.45) is 2.22. The Balaban J connectivity index is 1.76. The molecule has 0 saturated carbocycles. The van der Waals surface area contributed by atoms with Crippen molar-refractivity contribution in [2.75, 3.05) is 17.8 Å². The third-order valence-corrected chi connectivity index (χ3v) is 8.64. The van der Waals surface area contributed by atoms with E-state index in [0.29, 0.717) is 0 Å². The average Bonchev–Trinajstić information content (AvgIpc) is 2.95. The second-order valence-electron chi connectivity index (χ2n) is 9.84. The van der Waals surface area contributed by atoms with Crippen molar-refractivity contribution in [3.63, 3.8) is 0 Å². The molecular formula is C34H31NO2S. The highest BCUT2D eigenvalue weighted by Gasteiger charge is 2.54. The fourth-order valence-electron chi connectivity index (χ4n) is 4.90. The highest BCUT2D eigenvalue weighted by molar-refractivity contribution is 8.01. The maximum absolute atomic E-state index is 14.5. The van der Waals surface area contributed by atoms with E-state index in [2.05, 4.69) is 55.2 Å². The van der Waals surface area contributed by atoms with Gasteiger partial charge in [0.25, 0.3) is 0 Å². The molecule has 0 fully saturated rings. The van der Waals surface area contributed by atoms with Crippen LogP contribution in [-0.4, -0.2) is 23.5 Å². The molecule has 0 radical (unpaired) electrons. The van der Waals surface area contributed by atoms with Gasteiger partial charge >= 0.3 is 0 Å². The lowest BCUT2D eigenvalue weighted by molar-refractivity contribution is -0.126. The molecule has 38 heavy (non-hydrogen) atoms. The highest BCUT2D eigenvalue weighted by Crippen LogP contribution is 2.51. The summed E-state index contributed by atoms with van der Waals surface area (Å²) >= 11 is 1.72. The quantitative estimate of drug-likeness (QED) is 0.253. The largest absolute Gasteiger partial charge is 0.497 e. The summed E-state index contributed by atoms with van der Waals surface area (Å²) in [6, 6.07) is 32.3.